The normalized spacial score (nSPS) is 18.3. The van der Waals surface area contributed by atoms with Crippen LogP contribution in [0.25, 0.3) is 16.3 Å². The van der Waals surface area contributed by atoms with Crippen LogP contribution in [0, 0.1) is 5.82 Å². The van der Waals surface area contributed by atoms with Gasteiger partial charge in [-0.3, -0.25) is 0 Å². The number of benzene rings is 3. The number of halogens is 1. The molecule has 0 saturated heterocycles. The molecule has 1 fully saturated rings. The third-order valence-corrected chi connectivity index (χ3v) is 8.18. The maximum atomic E-state index is 14.6. The smallest absolute Gasteiger partial charge is 0.127 e. The summed E-state index contributed by atoms with van der Waals surface area (Å²) in [7, 11) is 0. The van der Waals surface area contributed by atoms with Crippen LogP contribution in [-0.2, 0) is 19.4 Å². The first-order valence-electron chi connectivity index (χ1n) is 13.2. The molecule has 0 spiro atoms. The molecule has 0 heterocycles. The summed E-state index contributed by atoms with van der Waals surface area (Å²) in [4.78, 5) is 0. The van der Waals surface area contributed by atoms with Crippen LogP contribution in [0.2, 0.25) is 0 Å². The van der Waals surface area contributed by atoms with E-state index in [2.05, 4.69) is 53.9 Å². The number of hydrogen-bond donors (Lipinski definition) is 1. The van der Waals surface area contributed by atoms with E-state index < -0.39 is 0 Å². The summed E-state index contributed by atoms with van der Waals surface area (Å²) in [6.45, 7) is 0.624. The van der Waals surface area contributed by atoms with E-state index in [4.69, 9.17) is 0 Å². The van der Waals surface area contributed by atoms with Crippen molar-refractivity contribution in [3.63, 3.8) is 0 Å². The zero-order valence-corrected chi connectivity index (χ0v) is 20.0. The molecule has 0 amide bonds. The van der Waals surface area contributed by atoms with Crippen LogP contribution in [0.4, 0.5) is 4.39 Å². The number of allylic oxidation sites excluding steroid dienone is 4. The van der Waals surface area contributed by atoms with E-state index in [1.807, 2.05) is 6.07 Å². The van der Waals surface area contributed by atoms with Crippen molar-refractivity contribution in [3.05, 3.63) is 99.9 Å². The van der Waals surface area contributed by atoms with E-state index in [9.17, 15) is 4.39 Å². The number of fused-ring (bicyclic) bond motifs is 4. The molecule has 3 aromatic carbocycles. The van der Waals surface area contributed by atoms with Crippen LogP contribution in [0.1, 0.15) is 79.2 Å². The molecule has 1 N–H and O–H groups in total. The van der Waals surface area contributed by atoms with Crippen molar-refractivity contribution in [2.75, 3.05) is 0 Å². The lowest BCUT2D eigenvalue weighted by Crippen LogP contribution is -2.30. The lowest BCUT2D eigenvalue weighted by atomic mass is 9.78. The van der Waals surface area contributed by atoms with Gasteiger partial charge in [0.25, 0.3) is 0 Å². The fraction of sp³-hybridized carbons (Fsp3) is 0.375. The average Bonchev–Trinajstić information content (AvgIpc) is 2.89. The van der Waals surface area contributed by atoms with Gasteiger partial charge in [0.2, 0.25) is 0 Å². The summed E-state index contributed by atoms with van der Waals surface area (Å²) in [5.74, 6) is -0.0917. The van der Waals surface area contributed by atoms with E-state index in [1.165, 1.54) is 90.0 Å². The highest BCUT2D eigenvalue weighted by molar-refractivity contribution is 5.96. The minimum absolute atomic E-state index is 0.0917. The zero-order chi connectivity index (χ0) is 22.9. The Labute approximate surface area is 202 Å². The van der Waals surface area contributed by atoms with E-state index >= 15 is 0 Å². The monoisotopic (exact) mass is 451 g/mol. The van der Waals surface area contributed by atoms with Gasteiger partial charge < -0.3 is 5.32 Å². The first-order valence-corrected chi connectivity index (χ1v) is 13.2. The predicted molar refractivity (Wildman–Crippen MR) is 140 cm³/mol. The Morgan fingerprint density at radius 2 is 1.79 bits per heavy atom. The van der Waals surface area contributed by atoms with Crippen molar-refractivity contribution in [3.8, 4) is 0 Å². The minimum atomic E-state index is -0.0917. The summed E-state index contributed by atoms with van der Waals surface area (Å²) in [6, 6.07) is 17.6. The number of nitrogens with one attached hydrogen (secondary N) is 1. The Hall–Kier alpha value is -2.71. The van der Waals surface area contributed by atoms with Crippen LogP contribution >= 0.6 is 0 Å². The number of rotatable bonds is 5. The van der Waals surface area contributed by atoms with Crippen molar-refractivity contribution >= 4 is 16.3 Å². The number of hydrogen-bond acceptors (Lipinski definition) is 1. The van der Waals surface area contributed by atoms with Crippen molar-refractivity contribution < 1.29 is 4.39 Å². The van der Waals surface area contributed by atoms with E-state index in [1.54, 1.807) is 11.6 Å². The largest absolute Gasteiger partial charge is 0.310 e. The first kappa shape index (κ1) is 21.8. The highest BCUT2D eigenvalue weighted by Crippen LogP contribution is 2.41. The second kappa shape index (κ2) is 9.50. The summed E-state index contributed by atoms with van der Waals surface area (Å²) in [5.41, 5.74) is 9.36. The van der Waals surface area contributed by atoms with Gasteiger partial charge in [0.15, 0.2) is 0 Å². The highest BCUT2D eigenvalue weighted by Gasteiger charge is 2.22. The van der Waals surface area contributed by atoms with Crippen molar-refractivity contribution in [2.45, 2.75) is 76.8 Å². The molecule has 0 radical (unpaired) electrons. The van der Waals surface area contributed by atoms with Gasteiger partial charge in [-0.15, -0.1) is 0 Å². The molecule has 1 saturated carbocycles. The van der Waals surface area contributed by atoms with Gasteiger partial charge in [0, 0.05) is 18.2 Å². The molecule has 3 aliphatic rings. The van der Waals surface area contributed by atoms with Gasteiger partial charge in [-0.2, -0.15) is 0 Å². The second-order valence-electron chi connectivity index (χ2n) is 10.4. The van der Waals surface area contributed by atoms with Gasteiger partial charge in [-0.05, 0) is 89.6 Å². The van der Waals surface area contributed by atoms with Crippen LogP contribution < -0.4 is 5.32 Å². The molecule has 2 heteroatoms. The Balaban J connectivity index is 1.31. The maximum Gasteiger partial charge on any atom is 0.127 e. The lowest BCUT2D eigenvalue weighted by molar-refractivity contribution is 0.370. The molecule has 3 aromatic rings. The molecule has 6 rings (SSSR count). The second-order valence-corrected chi connectivity index (χ2v) is 10.4. The third kappa shape index (κ3) is 4.25. The molecular weight excluding hydrogens is 417 g/mol. The Morgan fingerprint density at radius 3 is 2.71 bits per heavy atom. The van der Waals surface area contributed by atoms with Crippen LogP contribution in [0.5, 0.6) is 0 Å². The van der Waals surface area contributed by atoms with Crippen LogP contribution in [0.15, 0.2) is 66.3 Å². The van der Waals surface area contributed by atoms with Crippen molar-refractivity contribution in [2.24, 2.45) is 0 Å². The quantitative estimate of drug-likeness (QED) is 0.414. The molecule has 1 nitrogen and oxygen atoms in total. The molecule has 3 aliphatic carbocycles. The summed E-state index contributed by atoms with van der Waals surface area (Å²) < 4.78 is 14.6. The molecule has 0 atom stereocenters. The Kier molecular flexibility index (Phi) is 6.09. The molecule has 174 valence electrons. The molecule has 0 aliphatic heterocycles. The molecular formula is C32H34FN. The molecule has 0 bridgehead atoms. The van der Waals surface area contributed by atoms with Crippen molar-refractivity contribution in [1.29, 1.82) is 0 Å². The van der Waals surface area contributed by atoms with Crippen LogP contribution in [0.3, 0.4) is 0 Å². The lowest BCUT2D eigenvalue weighted by Gasteiger charge is -2.26. The SMILES string of the molecule is Fc1ccc(Cc2cccc3ccc4c(c23)CCC2=C4C=CCC2)cc1CNC1CCCCC1. The predicted octanol–water partition coefficient (Wildman–Crippen LogP) is 8.04. The Bertz CT molecular complexity index is 1280. The van der Waals surface area contributed by atoms with Crippen LogP contribution in [-0.4, -0.2) is 6.04 Å². The average molecular weight is 452 g/mol. The molecule has 0 unspecified atom stereocenters. The highest BCUT2D eigenvalue weighted by atomic mass is 19.1. The third-order valence-electron chi connectivity index (χ3n) is 8.18. The fourth-order valence-electron chi connectivity index (χ4n) is 6.38. The zero-order valence-electron chi connectivity index (χ0n) is 20.0. The van der Waals surface area contributed by atoms with Gasteiger partial charge >= 0.3 is 0 Å². The van der Waals surface area contributed by atoms with Gasteiger partial charge in [-0.25, -0.2) is 4.39 Å². The minimum Gasteiger partial charge on any atom is -0.310 e. The number of aryl methyl sites for hydroxylation is 1. The fourth-order valence-corrected chi connectivity index (χ4v) is 6.38. The van der Waals surface area contributed by atoms with Gasteiger partial charge in [0.1, 0.15) is 5.82 Å². The van der Waals surface area contributed by atoms with Gasteiger partial charge in [0.05, 0.1) is 0 Å². The molecule has 0 aromatic heterocycles. The van der Waals surface area contributed by atoms with Gasteiger partial charge in [-0.1, -0.05) is 79.5 Å². The van der Waals surface area contributed by atoms with Crippen molar-refractivity contribution in [1.82, 2.24) is 5.32 Å². The standard InChI is InChI=1S/C32H34FN/c33-31-18-13-22(20-26(31)21-34-27-10-2-1-3-11-27)19-25-9-6-8-24-15-16-29-28-12-5-4-7-23(28)14-17-30(29)32(24)25/h5-6,8-9,12-13,15-16,18,20,27,34H,1-4,7,10-11,14,17,19,21H2. The molecule has 34 heavy (non-hydrogen) atoms. The maximum absolute atomic E-state index is 14.6. The van der Waals surface area contributed by atoms with E-state index in [0.29, 0.717) is 12.6 Å². The van der Waals surface area contributed by atoms with E-state index in [0.717, 1.165) is 18.4 Å². The summed E-state index contributed by atoms with van der Waals surface area (Å²) >= 11 is 0. The summed E-state index contributed by atoms with van der Waals surface area (Å²) in [5, 5.41) is 6.35. The first-order chi connectivity index (χ1) is 16.8. The Morgan fingerprint density at radius 1 is 0.882 bits per heavy atom. The van der Waals surface area contributed by atoms with E-state index in [-0.39, 0.29) is 5.82 Å². The summed E-state index contributed by atoms with van der Waals surface area (Å²) in [6.07, 6.45) is 16.5. The topological polar surface area (TPSA) is 12.0 Å².